The Kier molecular flexibility index (Phi) is 1.36. The molecule has 1 unspecified atom stereocenters. The van der Waals surface area contributed by atoms with E-state index in [9.17, 15) is 5.11 Å². The van der Waals surface area contributed by atoms with Gasteiger partial charge in [-0.05, 0) is 0 Å². The van der Waals surface area contributed by atoms with Crippen molar-refractivity contribution in [3.05, 3.63) is 35.4 Å². The summed E-state index contributed by atoms with van der Waals surface area (Å²) in [4.78, 5) is 4.63. The molecule has 0 saturated carbocycles. The molecule has 1 aliphatic heterocycles. The second-order valence-corrected chi connectivity index (χ2v) is 2.32. The monoisotopic (exact) mass is 149 g/mol. The smallest absolute Gasteiger partial charge is 0.251 e. The molecule has 3 nitrogen and oxygen atoms in total. The van der Waals surface area contributed by atoms with E-state index < -0.39 is 6.29 Å². The van der Waals surface area contributed by atoms with Gasteiger partial charge in [-0.2, -0.15) is 0 Å². The van der Waals surface area contributed by atoms with Gasteiger partial charge in [0.2, 0.25) is 0 Å². The lowest BCUT2D eigenvalue weighted by molar-refractivity contribution is -0.104. The summed E-state index contributed by atoms with van der Waals surface area (Å²) in [6.07, 6.45) is 0.679. The molecule has 0 spiro atoms. The number of fused-ring (bicyclic) bond motifs is 1. The summed E-state index contributed by atoms with van der Waals surface area (Å²) < 4.78 is 0. The van der Waals surface area contributed by atoms with E-state index in [1.165, 1.54) is 0 Å². The maximum Gasteiger partial charge on any atom is 0.251 e. The first-order valence-electron chi connectivity index (χ1n) is 3.34. The number of oxime groups is 1. The Morgan fingerprint density at radius 2 is 2.18 bits per heavy atom. The quantitative estimate of drug-likeness (QED) is 0.598. The average molecular weight is 149 g/mol. The van der Waals surface area contributed by atoms with Gasteiger partial charge in [0.1, 0.15) is 0 Å². The fourth-order valence-corrected chi connectivity index (χ4v) is 1.05. The minimum Gasteiger partial charge on any atom is -0.359 e. The first kappa shape index (κ1) is 6.37. The van der Waals surface area contributed by atoms with E-state index >= 15 is 0 Å². The highest BCUT2D eigenvalue weighted by molar-refractivity contribution is 5.82. The van der Waals surface area contributed by atoms with E-state index in [0.29, 0.717) is 0 Å². The number of aliphatic hydroxyl groups excluding tert-OH is 1. The maximum absolute atomic E-state index is 9.23. The lowest BCUT2D eigenvalue weighted by atomic mass is 10.1. The molecule has 1 aromatic carbocycles. The SMILES string of the molecule is OC1ON=Cc2ccccc21. The molecular formula is C8H7NO2. The van der Waals surface area contributed by atoms with Crippen molar-refractivity contribution < 1.29 is 9.94 Å². The molecule has 0 saturated heterocycles. The van der Waals surface area contributed by atoms with Crippen molar-refractivity contribution in [2.24, 2.45) is 5.16 Å². The highest BCUT2D eigenvalue weighted by atomic mass is 16.7. The Balaban J connectivity index is 2.54. The fourth-order valence-electron chi connectivity index (χ4n) is 1.05. The molecule has 1 N–H and O–H groups in total. The normalized spacial score (nSPS) is 20.6. The number of hydrogen-bond donors (Lipinski definition) is 1. The molecule has 1 heterocycles. The standard InChI is InChI=1S/C8H7NO2/c10-8-7-4-2-1-3-6(7)5-9-11-8/h1-5,8,10H. The molecule has 1 aliphatic rings. The molecule has 3 heteroatoms. The van der Waals surface area contributed by atoms with Crippen molar-refractivity contribution in [3.8, 4) is 0 Å². The zero-order valence-corrected chi connectivity index (χ0v) is 5.77. The van der Waals surface area contributed by atoms with Gasteiger partial charge in [-0.1, -0.05) is 29.4 Å². The van der Waals surface area contributed by atoms with Gasteiger partial charge in [0, 0.05) is 11.1 Å². The van der Waals surface area contributed by atoms with Gasteiger partial charge in [-0.25, -0.2) is 0 Å². The van der Waals surface area contributed by atoms with E-state index in [0.717, 1.165) is 11.1 Å². The van der Waals surface area contributed by atoms with Crippen molar-refractivity contribution in [1.82, 2.24) is 0 Å². The lowest BCUT2D eigenvalue weighted by Gasteiger charge is -2.14. The van der Waals surface area contributed by atoms with Gasteiger partial charge in [0.25, 0.3) is 6.29 Å². The van der Waals surface area contributed by atoms with Crippen LogP contribution in [0, 0.1) is 0 Å². The molecule has 1 atom stereocenters. The highest BCUT2D eigenvalue weighted by Gasteiger charge is 2.14. The molecule has 0 aromatic heterocycles. The first-order chi connectivity index (χ1) is 5.38. The predicted octanol–water partition coefficient (Wildman–Crippen LogP) is 1.04. The van der Waals surface area contributed by atoms with Crippen LogP contribution in [0.3, 0.4) is 0 Å². The van der Waals surface area contributed by atoms with Crippen LogP contribution in [0.5, 0.6) is 0 Å². The van der Waals surface area contributed by atoms with Crippen LogP contribution in [-0.4, -0.2) is 11.3 Å². The third-order valence-electron chi connectivity index (χ3n) is 1.61. The summed E-state index contributed by atoms with van der Waals surface area (Å²) in [5, 5.41) is 12.7. The Labute approximate surface area is 63.9 Å². The number of aliphatic hydroxyl groups is 1. The second-order valence-electron chi connectivity index (χ2n) is 2.32. The van der Waals surface area contributed by atoms with Gasteiger partial charge >= 0.3 is 0 Å². The van der Waals surface area contributed by atoms with Crippen LogP contribution in [0.15, 0.2) is 29.4 Å². The van der Waals surface area contributed by atoms with Gasteiger partial charge in [-0.15, -0.1) is 0 Å². The van der Waals surface area contributed by atoms with Crippen molar-refractivity contribution >= 4 is 6.21 Å². The van der Waals surface area contributed by atoms with Crippen LogP contribution in [0.4, 0.5) is 0 Å². The van der Waals surface area contributed by atoms with Crippen LogP contribution in [-0.2, 0) is 4.84 Å². The summed E-state index contributed by atoms with van der Waals surface area (Å²) in [6.45, 7) is 0. The fraction of sp³-hybridized carbons (Fsp3) is 0.125. The lowest BCUT2D eigenvalue weighted by Crippen LogP contribution is -2.07. The molecule has 11 heavy (non-hydrogen) atoms. The summed E-state index contributed by atoms with van der Waals surface area (Å²) in [5.41, 5.74) is 1.67. The molecular weight excluding hydrogens is 142 g/mol. The van der Waals surface area contributed by atoms with Crippen LogP contribution < -0.4 is 0 Å². The van der Waals surface area contributed by atoms with Gasteiger partial charge in [0.15, 0.2) is 0 Å². The van der Waals surface area contributed by atoms with E-state index in [-0.39, 0.29) is 0 Å². The summed E-state index contributed by atoms with van der Waals surface area (Å²) >= 11 is 0. The molecule has 56 valence electrons. The van der Waals surface area contributed by atoms with Crippen molar-refractivity contribution in [2.45, 2.75) is 6.29 Å². The average Bonchev–Trinajstić information content (AvgIpc) is 2.06. The first-order valence-corrected chi connectivity index (χ1v) is 3.34. The molecule has 0 bridgehead atoms. The van der Waals surface area contributed by atoms with Crippen LogP contribution >= 0.6 is 0 Å². The maximum atomic E-state index is 9.23. The summed E-state index contributed by atoms with van der Waals surface area (Å²) in [5.74, 6) is 0. The van der Waals surface area contributed by atoms with Crippen molar-refractivity contribution in [1.29, 1.82) is 0 Å². The summed E-state index contributed by atoms with van der Waals surface area (Å²) in [6, 6.07) is 7.43. The zero-order chi connectivity index (χ0) is 7.68. The largest absolute Gasteiger partial charge is 0.359 e. The predicted molar refractivity (Wildman–Crippen MR) is 40.1 cm³/mol. The third-order valence-corrected chi connectivity index (χ3v) is 1.61. The van der Waals surface area contributed by atoms with Gasteiger partial charge in [0.05, 0.1) is 6.21 Å². The number of hydrogen-bond acceptors (Lipinski definition) is 3. The van der Waals surface area contributed by atoms with E-state index in [1.54, 1.807) is 6.21 Å². The van der Waals surface area contributed by atoms with Crippen molar-refractivity contribution in [3.63, 3.8) is 0 Å². The van der Waals surface area contributed by atoms with Crippen LogP contribution in [0.1, 0.15) is 17.4 Å². The minimum absolute atomic E-state index is 0.766. The Bertz CT molecular complexity index is 296. The third kappa shape index (κ3) is 0.991. The van der Waals surface area contributed by atoms with Crippen LogP contribution in [0.25, 0.3) is 0 Å². The topological polar surface area (TPSA) is 41.8 Å². The number of benzene rings is 1. The van der Waals surface area contributed by atoms with Gasteiger partial charge in [-0.3, -0.25) is 0 Å². The van der Waals surface area contributed by atoms with E-state index in [1.807, 2.05) is 24.3 Å². The second kappa shape index (κ2) is 2.36. The van der Waals surface area contributed by atoms with E-state index in [4.69, 9.17) is 0 Å². The highest BCUT2D eigenvalue weighted by Crippen LogP contribution is 2.21. The molecule has 0 radical (unpaired) electrons. The van der Waals surface area contributed by atoms with E-state index in [2.05, 4.69) is 9.99 Å². The molecule has 0 amide bonds. The number of rotatable bonds is 0. The minimum atomic E-state index is -0.906. The molecule has 0 aliphatic carbocycles. The van der Waals surface area contributed by atoms with Crippen LogP contribution in [0.2, 0.25) is 0 Å². The molecule has 0 fully saturated rings. The Morgan fingerprint density at radius 3 is 3.00 bits per heavy atom. The van der Waals surface area contributed by atoms with Crippen molar-refractivity contribution in [2.75, 3.05) is 0 Å². The zero-order valence-electron chi connectivity index (χ0n) is 5.77. The Hall–Kier alpha value is -1.35. The summed E-state index contributed by atoms with van der Waals surface area (Å²) in [7, 11) is 0. The number of nitrogens with zero attached hydrogens (tertiary/aromatic N) is 1. The molecule has 1 aromatic rings. The van der Waals surface area contributed by atoms with Gasteiger partial charge < -0.3 is 9.94 Å². The molecule has 2 rings (SSSR count). The Morgan fingerprint density at radius 1 is 1.36 bits per heavy atom.